The lowest BCUT2D eigenvalue weighted by molar-refractivity contribution is -0.126. The molecule has 8 heteroatoms. The van der Waals surface area contributed by atoms with Crippen LogP contribution >= 0.6 is 0 Å². The molecule has 0 bridgehead atoms. The van der Waals surface area contributed by atoms with Crippen molar-refractivity contribution in [2.75, 3.05) is 18.2 Å². The minimum absolute atomic E-state index is 0.0701. The number of aryl methyl sites for hydroxylation is 1. The van der Waals surface area contributed by atoms with Crippen LogP contribution in [0.5, 0.6) is 11.5 Å². The van der Waals surface area contributed by atoms with Crippen LogP contribution in [0.2, 0.25) is 0 Å². The molecule has 8 nitrogen and oxygen atoms in total. The summed E-state index contributed by atoms with van der Waals surface area (Å²) in [4.78, 5) is 38.4. The van der Waals surface area contributed by atoms with E-state index in [2.05, 4.69) is 10.9 Å². The van der Waals surface area contributed by atoms with Gasteiger partial charge in [0.2, 0.25) is 18.6 Å². The second kappa shape index (κ2) is 7.22. The van der Waals surface area contributed by atoms with Crippen molar-refractivity contribution in [3.05, 3.63) is 53.6 Å². The molecule has 2 aliphatic rings. The monoisotopic (exact) mass is 381 g/mol. The number of nitrogens with zero attached hydrogens (tertiary/aromatic N) is 1. The number of amides is 3. The van der Waals surface area contributed by atoms with Crippen molar-refractivity contribution >= 4 is 23.4 Å². The highest BCUT2D eigenvalue weighted by atomic mass is 16.7. The Hall–Kier alpha value is -3.55. The average Bonchev–Trinajstić information content (AvgIpc) is 3.32. The van der Waals surface area contributed by atoms with Gasteiger partial charge in [0, 0.05) is 30.3 Å². The van der Waals surface area contributed by atoms with Gasteiger partial charge in [0.25, 0.3) is 5.91 Å². The van der Waals surface area contributed by atoms with E-state index < -0.39 is 17.7 Å². The van der Waals surface area contributed by atoms with Crippen LogP contribution in [0.25, 0.3) is 0 Å². The number of anilines is 1. The van der Waals surface area contributed by atoms with Crippen LogP contribution in [0.4, 0.5) is 5.69 Å². The number of hydrogen-bond donors (Lipinski definition) is 2. The molecule has 1 saturated heterocycles. The summed E-state index contributed by atoms with van der Waals surface area (Å²) in [5, 5.41) is 0. The van der Waals surface area contributed by atoms with Gasteiger partial charge in [-0.1, -0.05) is 17.7 Å². The maximum atomic E-state index is 12.4. The first-order valence-corrected chi connectivity index (χ1v) is 8.88. The number of fused-ring (bicyclic) bond motifs is 1. The summed E-state index contributed by atoms with van der Waals surface area (Å²) in [6.07, 6.45) is 0.0701. The molecule has 1 fully saturated rings. The van der Waals surface area contributed by atoms with Crippen LogP contribution in [-0.2, 0) is 9.59 Å². The van der Waals surface area contributed by atoms with Crippen molar-refractivity contribution in [2.24, 2.45) is 5.92 Å². The van der Waals surface area contributed by atoms with E-state index in [1.165, 1.54) is 4.90 Å². The number of benzene rings is 2. The lowest BCUT2D eigenvalue weighted by Crippen LogP contribution is -2.45. The Balaban J connectivity index is 1.36. The summed E-state index contributed by atoms with van der Waals surface area (Å²) in [6.45, 7) is 2.30. The Labute approximate surface area is 161 Å². The normalized spacial score (nSPS) is 17.5. The smallest absolute Gasteiger partial charge is 0.269 e. The zero-order valence-electron chi connectivity index (χ0n) is 15.2. The minimum Gasteiger partial charge on any atom is -0.454 e. The van der Waals surface area contributed by atoms with Crippen molar-refractivity contribution in [2.45, 2.75) is 13.3 Å². The molecule has 2 aromatic rings. The van der Waals surface area contributed by atoms with E-state index in [4.69, 9.17) is 9.47 Å². The van der Waals surface area contributed by atoms with E-state index in [1.807, 2.05) is 19.1 Å². The molecular weight excluding hydrogens is 362 g/mol. The molecule has 0 spiro atoms. The molecule has 2 aromatic carbocycles. The Morgan fingerprint density at radius 1 is 1.04 bits per heavy atom. The van der Waals surface area contributed by atoms with Gasteiger partial charge >= 0.3 is 0 Å². The first kappa shape index (κ1) is 17.8. The van der Waals surface area contributed by atoms with Crippen LogP contribution in [0, 0.1) is 12.8 Å². The number of carbonyl (C=O) groups excluding carboxylic acids is 3. The number of ether oxygens (including phenoxy) is 2. The Bertz CT molecular complexity index is 941. The number of carbonyl (C=O) groups is 3. The Morgan fingerprint density at radius 2 is 1.79 bits per heavy atom. The highest BCUT2D eigenvalue weighted by Gasteiger charge is 2.36. The van der Waals surface area contributed by atoms with Crippen LogP contribution in [0.15, 0.2) is 42.5 Å². The quantitative estimate of drug-likeness (QED) is 0.786. The lowest BCUT2D eigenvalue weighted by atomic mass is 10.1. The molecule has 2 aliphatic heterocycles. The molecule has 3 amide bonds. The Kier molecular flexibility index (Phi) is 4.60. The molecule has 2 heterocycles. The van der Waals surface area contributed by atoms with E-state index in [9.17, 15) is 14.4 Å². The molecule has 0 saturated carbocycles. The topological polar surface area (TPSA) is 97.0 Å². The van der Waals surface area contributed by atoms with Crippen molar-refractivity contribution < 1.29 is 23.9 Å². The molecule has 28 heavy (non-hydrogen) atoms. The van der Waals surface area contributed by atoms with Gasteiger partial charge in [-0.05, 0) is 31.2 Å². The van der Waals surface area contributed by atoms with Gasteiger partial charge in [-0.15, -0.1) is 0 Å². The molecule has 144 valence electrons. The maximum absolute atomic E-state index is 12.4. The van der Waals surface area contributed by atoms with E-state index in [1.54, 1.807) is 30.3 Å². The highest BCUT2D eigenvalue weighted by molar-refractivity contribution is 6.01. The second-order valence-electron chi connectivity index (χ2n) is 6.75. The SMILES string of the molecule is Cc1ccc(C(=O)NNC(=O)C2CC(=O)N(c3ccc4c(c3)OCO4)C2)cc1. The van der Waals surface area contributed by atoms with Gasteiger partial charge in [0.15, 0.2) is 11.5 Å². The number of rotatable bonds is 3. The fraction of sp³-hybridized carbons (Fsp3) is 0.250. The molecule has 0 radical (unpaired) electrons. The van der Waals surface area contributed by atoms with Crippen LogP contribution < -0.4 is 25.2 Å². The molecule has 2 N–H and O–H groups in total. The molecular formula is C20H19N3O5. The fourth-order valence-electron chi connectivity index (χ4n) is 3.18. The fourth-order valence-corrected chi connectivity index (χ4v) is 3.18. The first-order chi connectivity index (χ1) is 13.5. The first-order valence-electron chi connectivity index (χ1n) is 8.88. The van der Waals surface area contributed by atoms with Crippen molar-refractivity contribution in [1.82, 2.24) is 10.9 Å². The number of hydrogen-bond acceptors (Lipinski definition) is 5. The molecule has 1 atom stereocenters. The number of hydrazine groups is 1. The van der Waals surface area contributed by atoms with Gasteiger partial charge in [0.1, 0.15) is 0 Å². The maximum Gasteiger partial charge on any atom is 0.269 e. The highest BCUT2D eigenvalue weighted by Crippen LogP contribution is 2.37. The molecule has 1 unspecified atom stereocenters. The Morgan fingerprint density at radius 3 is 2.57 bits per heavy atom. The molecule has 0 aromatic heterocycles. The molecule has 0 aliphatic carbocycles. The second-order valence-corrected chi connectivity index (χ2v) is 6.75. The van der Waals surface area contributed by atoms with E-state index in [0.717, 1.165) is 5.56 Å². The van der Waals surface area contributed by atoms with Crippen LogP contribution in [0.1, 0.15) is 22.3 Å². The largest absolute Gasteiger partial charge is 0.454 e. The average molecular weight is 381 g/mol. The summed E-state index contributed by atoms with van der Waals surface area (Å²) in [5.41, 5.74) is 6.93. The summed E-state index contributed by atoms with van der Waals surface area (Å²) in [5.74, 6) is -0.338. The van der Waals surface area contributed by atoms with Gasteiger partial charge in [-0.3, -0.25) is 25.2 Å². The standard InChI is InChI=1S/C20H19N3O5/c1-12-2-4-13(5-3-12)19(25)21-22-20(26)14-8-18(24)23(10-14)15-6-7-16-17(9-15)28-11-27-16/h2-7,9,14H,8,10-11H2,1H3,(H,21,25)(H,22,26). The summed E-state index contributed by atoms with van der Waals surface area (Å²) in [6, 6.07) is 12.2. The van der Waals surface area contributed by atoms with Crippen LogP contribution in [-0.4, -0.2) is 31.1 Å². The predicted molar refractivity (Wildman–Crippen MR) is 99.8 cm³/mol. The zero-order valence-corrected chi connectivity index (χ0v) is 15.2. The third-order valence-electron chi connectivity index (χ3n) is 4.78. The van der Waals surface area contributed by atoms with Crippen molar-refractivity contribution in [3.8, 4) is 11.5 Å². The third-order valence-corrected chi connectivity index (χ3v) is 4.78. The molecule has 4 rings (SSSR count). The summed E-state index contributed by atoms with van der Waals surface area (Å²) < 4.78 is 10.6. The van der Waals surface area contributed by atoms with Gasteiger partial charge in [0.05, 0.1) is 5.92 Å². The predicted octanol–water partition coefficient (Wildman–Crippen LogP) is 1.54. The summed E-state index contributed by atoms with van der Waals surface area (Å²) in [7, 11) is 0. The number of nitrogens with one attached hydrogen (secondary N) is 2. The van der Waals surface area contributed by atoms with E-state index in [0.29, 0.717) is 22.7 Å². The van der Waals surface area contributed by atoms with Gasteiger partial charge in [-0.25, -0.2) is 0 Å². The van der Waals surface area contributed by atoms with E-state index >= 15 is 0 Å². The van der Waals surface area contributed by atoms with E-state index in [-0.39, 0.29) is 25.7 Å². The van der Waals surface area contributed by atoms with Crippen molar-refractivity contribution in [3.63, 3.8) is 0 Å². The van der Waals surface area contributed by atoms with Gasteiger partial charge in [-0.2, -0.15) is 0 Å². The lowest BCUT2D eigenvalue weighted by Gasteiger charge is -2.17. The van der Waals surface area contributed by atoms with Crippen molar-refractivity contribution in [1.29, 1.82) is 0 Å². The van der Waals surface area contributed by atoms with Crippen LogP contribution in [0.3, 0.4) is 0 Å². The van der Waals surface area contributed by atoms with Gasteiger partial charge < -0.3 is 14.4 Å². The summed E-state index contributed by atoms with van der Waals surface area (Å²) >= 11 is 0. The third kappa shape index (κ3) is 3.48. The minimum atomic E-state index is -0.559. The zero-order chi connectivity index (χ0) is 19.7.